The molecule has 4 nitrogen and oxygen atoms in total. The van der Waals surface area contributed by atoms with Gasteiger partial charge in [-0.2, -0.15) is 0 Å². The molecule has 2 aliphatic carbocycles. The van der Waals surface area contributed by atoms with Crippen LogP contribution in [0.1, 0.15) is 49.9 Å². The molecule has 6 heteroatoms. The maximum absolute atomic E-state index is 6.20. The third kappa shape index (κ3) is 5.12. The predicted octanol–water partition coefficient (Wildman–Crippen LogP) is 12.5. The minimum Gasteiger partial charge on any atom is -0.218 e. The molecule has 0 saturated heterocycles. The van der Waals surface area contributed by atoms with E-state index in [1.165, 1.54) is 44.5 Å². The molecule has 2 aromatic heterocycles. The number of halogens is 2. The van der Waals surface area contributed by atoms with Gasteiger partial charge in [-0.1, -0.05) is 137 Å². The number of hydrogen-bond acceptors (Lipinski definition) is 4. The van der Waals surface area contributed by atoms with E-state index in [1.807, 2.05) is 48.5 Å². The van der Waals surface area contributed by atoms with Crippen molar-refractivity contribution in [3.05, 3.63) is 166 Å². The zero-order valence-electron chi connectivity index (χ0n) is 29.2. The molecule has 8 aromatic rings. The van der Waals surface area contributed by atoms with E-state index < -0.39 is 0 Å². The van der Waals surface area contributed by atoms with Crippen LogP contribution in [0.15, 0.2) is 133 Å². The van der Waals surface area contributed by atoms with Crippen molar-refractivity contribution in [3.63, 3.8) is 0 Å². The minimum absolute atomic E-state index is 0.0332. The van der Waals surface area contributed by atoms with Crippen molar-refractivity contribution in [2.45, 2.75) is 38.5 Å². The Morgan fingerprint density at radius 2 is 0.750 bits per heavy atom. The quantitative estimate of drug-likeness (QED) is 0.167. The van der Waals surface area contributed by atoms with Gasteiger partial charge in [-0.25, -0.2) is 19.9 Å². The summed E-state index contributed by atoms with van der Waals surface area (Å²) in [4.78, 5) is 17.8. The molecular formula is C46H34Cl2N4. The van der Waals surface area contributed by atoms with Crippen LogP contribution < -0.4 is 0 Å². The number of aromatic nitrogens is 4. The summed E-state index contributed by atoms with van der Waals surface area (Å²) in [5, 5.41) is 2.60. The minimum atomic E-state index is -0.0332. The first-order valence-electron chi connectivity index (χ1n) is 17.5. The number of fused-ring (bicyclic) bond motifs is 8. The molecular weight excluding hydrogens is 679 g/mol. The van der Waals surface area contributed by atoms with Crippen LogP contribution in [0.5, 0.6) is 0 Å². The Balaban J connectivity index is 0.000000138. The fourth-order valence-corrected chi connectivity index (χ4v) is 8.59. The Labute approximate surface area is 313 Å². The largest absolute Gasteiger partial charge is 0.223 e. The maximum Gasteiger partial charge on any atom is 0.223 e. The zero-order valence-corrected chi connectivity index (χ0v) is 30.8. The van der Waals surface area contributed by atoms with Crippen LogP contribution in [-0.2, 0) is 10.8 Å². The van der Waals surface area contributed by atoms with E-state index in [2.05, 4.69) is 133 Å². The van der Waals surface area contributed by atoms with E-state index in [4.69, 9.17) is 23.2 Å². The van der Waals surface area contributed by atoms with Gasteiger partial charge in [-0.3, -0.25) is 0 Å². The number of para-hydroxylation sites is 2. The molecule has 0 N–H and O–H groups in total. The average molecular weight is 714 g/mol. The number of nitrogens with zero attached hydrogens (tertiary/aromatic N) is 4. The molecule has 10 rings (SSSR count). The lowest BCUT2D eigenvalue weighted by atomic mass is 9.82. The first-order chi connectivity index (χ1) is 25.1. The van der Waals surface area contributed by atoms with Crippen molar-refractivity contribution in [3.8, 4) is 44.8 Å². The van der Waals surface area contributed by atoms with Crippen LogP contribution >= 0.6 is 23.2 Å². The molecule has 2 heterocycles. The third-order valence-electron chi connectivity index (χ3n) is 10.9. The van der Waals surface area contributed by atoms with Crippen molar-refractivity contribution in [2.24, 2.45) is 0 Å². The summed E-state index contributed by atoms with van der Waals surface area (Å²) in [6, 6.07) is 46.6. The van der Waals surface area contributed by atoms with Gasteiger partial charge in [-0.15, -0.1) is 0 Å². The van der Waals surface area contributed by atoms with Gasteiger partial charge >= 0.3 is 0 Å². The molecule has 2 aliphatic rings. The van der Waals surface area contributed by atoms with E-state index in [9.17, 15) is 0 Å². The van der Waals surface area contributed by atoms with Gasteiger partial charge in [0.2, 0.25) is 10.6 Å². The molecule has 0 fully saturated rings. The lowest BCUT2D eigenvalue weighted by Gasteiger charge is -2.22. The summed E-state index contributed by atoms with van der Waals surface area (Å²) in [5.41, 5.74) is 16.2. The van der Waals surface area contributed by atoms with Crippen LogP contribution in [0.25, 0.3) is 66.6 Å². The van der Waals surface area contributed by atoms with Gasteiger partial charge in [0, 0.05) is 32.7 Å². The Bertz CT molecular complexity index is 2540. The Morgan fingerprint density at radius 3 is 1.19 bits per heavy atom. The summed E-state index contributed by atoms with van der Waals surface area (Å²) >= 11 is 12.4. The second-order valence-corrected chi connectivity index (χ2v) is 15.3. The fraction of sp³-hybridized carbons (Fsp3) is 0.130. The van der Waals surface area contributed by atoms with Gasteiger partial charge in [0.15, 0.2) is 0 Å². The second kappa shape index (κ2) is 12.1. The molecule has 52 heavy (non-hydrogen) atoms. The standard InChI is InChI=1S/2C23H17ClN2/c2*1-23(2)18-9-5-3-7-15(18)16-12-11-14(13-19(16)23)21-17-8-4-6-10-20(17)25-22(24)26-21/h2*3-13H,1-2H3. The Morgan fingerprint density at radius 1 is 0.385 bits per heavy atom. The van der Waals surface area contributed by atoms with E-state index in [1.54, 1.807) is 0 Å². The summed E-state index contributed by atoms with van der Waals surface area (Å²) in [7, 11) is 0. The van der Waals surface area contributed by atoms with Crippen LogP contribution in [0, 0.1) is 0 Å². The Hall–Kier alpha value is -5.42. The van der Waals surface area contributed by atoms with Crippen molar-refractivity contribution < 1.29 is 0 Å². The van der Waals surface area contributed by atoms with Crippen molar-refractivity contribution >= 4 is 45.0 Å². The smallest absolute Gasteiger partial charge is 0.218 e. The maximum atomic E-state index is 6.20. The molecule has 0 aliphatic heterocycles. The molecule has 0 radical (unpaired) electrons. The topological polar surface area (TPSA) is 51.6 Å². The van der Waals surface area contributed by atoms with Crippen molar-refractivity contribution in [1.29, 1.82) is 0 Å². The van der Waals surface area contributed by atoms with E-state index in [-0.39, 0.29) is 21.4 Å². The highest BCUT2D eigenvalue weighted by Gasteiger charge is 2.36. The lowest BCUT2D eigenvalue weighted by Crippen LogP contribution is -2.14. The third-order valence-corrected chi connectivity index (χ3v) is 11.2. The summed E-state index contributed by atoms with van der Waals surface area (Å²) < 4.78 is 0. The number of rotatable bonds is 2. The Kier molecular flexibility index (Phi) is 7.55. The highest BCUT2D eigenvalue weighted by atomic mass is 35.5. The molecule has 0 bridgehead atoms. The molecule has 0 unspecified atom stereocenters. The highest BCUT2D eigenvalue weighted by Crippen LogP contribution is 2.51. The molecule has 6 aromatic carbocycles. The first-order valence-corrected chi connectivity index (χ1v) is 18.2. The van der Waals surface area contributed by atoms with Crippen LogP contribution in [0.3, 0.4) is 0 Å². The molecule has 0 atom stereocenters. The van der Waals surface area contributed by atoms with Crippen LogP contribution in [0.2, 0.25) is 10.6 Å². The van der Waals surface area contributed by atoms with E-state index in [0.717, 1.165) is 44.3 Å². The van der Waals surface area contributed by atoms with E-state index in [0.29, 0.717) is 0 Å². The molecule has 0 amide bonds. The van der Waals surface area contributed by atoms with Crippen molar-refractivity contribution in [1.82, 2.24) is 19.9 Å². The second-order valence-electron chi connectivity index (χ2n) is 14.6. The summed E-state index contributed by atoms with van der Waals surface area (Å²) in [5.74, 6) is 0. The van der Waals surface area contributed by atoms with Gasteiger partial charge in [0.25, 0.3) is 0 Å². The highest BCUT2D eigenvalue weighted by molar-refractivity contribution is 6.29. The lowest BCUT2D eigenvalue weighted by molar-refractivity contribution is 0.660. The van der Waals surface area contributed by atoms with Gasteiger partial charge in [0.1, 0.15) is 0 Å². The van der Waals surface area contributed by atoms with Crippen LogP contribution in [0.4, 0.5) is 0 Å². The number of benzene rings is 6. The van der Waals surface area contributed by atoms with Crippen LogP contribution in [-0.4, -0.2) is 19.9 Å². The van der Waals surface area contributed by atoms with E-state index >= 15 is 0 Å². The normalized spacial score (nSPS) is 14.3. The monoisotopic (exact) mass is 712 g/mol. The molecule has 252 valence electrons. The van der Waals surface area contributed by atoms with Gasteiger partial charge in [-0.05, 0) is 92.0 Å². The van der Waals surface area contributed by atoms with Gasteiger partial charge < -0.3 is 0 Å². The average Bonchev–Trinajstić information content (AvgIpc) is 3.53. The number of hydrogen-bond donors (Lipinski definition) is 0. The zero-order chi connectivity index (χ0) is 35.8. The fourth-order valence-electron chi connectivity index (χ4n) is 8.24. The van der Waals surface area contributed by atoms with Crippen molar-refractivity contribution in [2.75, 3.05) is 0 Å². The first kappa shape index (κ1) is 32.5. The SMILES string of the molecule is CC1(C)c2ccccc2-c2ccc(-c3nc(Cl)nc4ccccc34)cc21.CC1(C)c2ccccc2-c2ccc(-c3nc(Cl)nc4ccccc34)cc21. The van der Waals surface area contributed by atoms with Gasteiger partial charge in [0.05, 0.1) is 22.4 Å². The molecule has 0 saturated carbocycles. The summed E-state index contributed by atoms with van der Waals surface area (Å²) in [6.07, 6.45) is 0. The predicted molar refractivity (Wildman–Crippen MR) is 215 cm³/mol. The summed E-state index contributed by atoms with van der Waals surface area (Å²) in [6.45, 7) is 9.14. The molecule has 0 spiro atoms.